The molecule has 0 saturated carbocycles. The molecule has 0 aromatic carbocycles. The van der Waals surface area contributed by atoms with Gasteiger partial charge in [-0.2, -0.15) is 13.2 Å². The van der Waals surface area contributed by atoms with Crippen molar-refractivity contribution in [2.24, 2.45) is 0 Å². The van der Waals surface area contributed by atoms with Gasteiger partial charge in [-0.25, -0.2) is 9.97 Å². The van der Waals surface area contributed by atoms with Gasteiger partial charge >= 0.3 is 11.9 Å². The number of anilines is 1. The van der Waals surface area contributed by atoms with Gasteiger partial charge in [0.1, 0.15) is 5.82 Å². The lowest BCUT2D eigenvalue weighted by Crippen LogP contribution is -2.49. The molecule has 0 unspecified atom stereocenters. The SMILES string of the molecule is Cc1nc(Cl)c([N+](=O)[O-])c(N2CCO[C@H](C(F)(F)F)C2)n1. The van der Waals surface area contributed by atoms with Crippen LogP contribution in [0.25, 0.3) is 0 Å². The highest BCUT2D eigenvalue weighted by molar-refractivity contribution is 6.31. The van der Waals surface area contributed by atoms with E-state index in [2.05, 4.69) is 14.7 Å². The van der Waals surface area contributed by atoms with Gasteiger partial charge < -0.3 is 9.64 Å². The molecule has 0 radical (unpaired) electrons. The van der Waals surface area contributed by atoms with E-state index in [1.165, 1.54) is 6.92 Å². The van der Waals surface area contributed by atoms with E-state index in [0.717, 1.165) is 4.90 Å². The maximum absolute atomic E-state index is 12.7. The molecule has 1 aromatic heterocycles. The quantitative estimate of drug-likeness (QED) is 0.470. The summed E-state index contributed by atoms with van der Waals surface area (Å²) in [6.07, 6.45) is -6.58. The van der Waals surface area contributed by atoms with Gasteiger partial charge in [-0.1, -0.05) is 11.6 Å². The Hall–Kier alpha value is -1.68. The number of aryl methyl sites for hydroxylation is 1. The normalized spacial score (nSPS) is 19.7. The van der Waals surface area contributed by atoms with E-state index in [1.54, 1.807) is 0 Å². The van der Waals surface area contributed by atoms with Crippen LogP contribution in [0.4, 0.5) is 24.7 Å². The predicted octanol–water partition coefficient (Wildman–Crippen LogP) is 2.11. The van der Waals surface area contributed by atoms with Crippen LogP contribution in [0, 0.1) is 17.0 Å². The Labute approximate surface area is 121 Å². The summed E-state index contributed by atoms with van der Waals surface area (Å²) in [6, 6.07) is 0. The second-order valence-corrected chi connectivity index (χ2v) is 4.70. The van der Waals surface area contributed by atoms with Crippen molar-refractivity contribution in [3.05, 3.63) is 21.1 Å². The van der Waals surface area contributed by atoms with E-state index in [-0.39, 0.29) is 24.8 Å². The highest BCUT2D eigenvalue weighted by Gasteiger charge is 2.44. The standard InChI is InChI=1S/C10H10ClF3N4O3/c1-5-15-8(11)7(18(19)20)9(16-5)17-2-3-21-6(4-17)10(12,13)14/h6H,2-4H2,1H3/t6-/m0/s1. The van der Waals surface area contributed by atoms with Gasteiger partial charge in [-0.05, 0) is 6.92 Å². The van der Waals surface area contributed by atoms with Gasteiger partial charge in [0.05, 0.1) is 18.1 Å². The van der Waals surface area contributed by atoms with Crippen LogP contribution >= 0.6 is 11.6 Å². The zero-order chi connectivity index (χ0) is 15.8. The van der Waals surface area contributed by atoms with Crippen molar-refractivity contribution in [3.8, 4) is 0 Å². The molecule has 1 saturated heterocycles. The maximum Gasteiger partial charge on any atom is 0.416 e. The van der Waals surface area contributed by atoms with Crippen molar-refractivity contribution in [2.45, 2.75) is 19.2 Å². The van der Waals surface area contributed by atoms with Crippen molar-refractivity contribution in [3.63, 3.8) is 0 Å². The van der Waals surface area contributed by atoms with Gasteiger partial charge in [0, 0.05) is 6.54 Å². The Morgan fingerprint density at radius 2 is 2.14 bits per heavy atom. The van der Waals surface area contributed by atoms with Crippen molar-refractivity contribution in [1.29, 1.82) is 0 Å². The Kier molecular flexibility index (Phi) is 4.19. The smallest absolute Gasteiger partial charge is 0.365 e. The van der Waals surface area contributed by atoms with Crippen molar-refractivity contribution < 1.29 is 22.8 Å². The highest BCUT2D eigenvalue weighted by Crippen LogP contribution is 2.35. The molecule has 1 aliphatic rings. The van der Waals surface area contributed by atoms with E-state index >= 15 is 0 Å². The molecule has 1 fully saturated rings. The topological polar surface area (TPSA) is 81.4 Å². The number of alkyl halides is 3. The summed E-state index contributed by atoms with van der Waals surface area (Å²) in [7, 11) is 0. The van der Waals surface area contributed by atoms with E-state index in [0.29, 0.717) is 0 Å². The minimum Gasteiger partial charge on any atom is -0.365 e. The average molecular weight is 327 g/mol. The van der Waals surface area contributed by atoms with Crippen LogP contribution in [-0.4, -0.2) is 46.9 Å². The molecule has 0 N–H and O–H groups in total. The van der Waals surface area contributed by atoms with Crippen LogP contribution < -0.4 is 4.90 Å². The number of halogens is 4. The molecule has 7 nitrogen and oxygen atoms in total. The van der Waals surface area contributed by atoms with Gasteiger partial charge in [-0.15, -0.1) is 0 Å². The molecule has 1 atom stereocenters. The first-order valence-corrected chi connectivity index (χ1v) is 6.19. The first-order chi connectivity index (χ1) is 9.70. The van der Waals surface area contributed by atoms with Gasteiger partial charge in [0.15, 0.2) is 6.10 Å². The fraction of sp³-hybridized carbons (Fsp3) is 0.600. The Bertz CT molecular complexity index is 569. The monoisotopic (exact) mass is 326 g/mol. The number of rotatable bonds is 2. The summed E-state index contributed by atoms with van der Waals surface area (Å²) < 4.78 is 42.8. The second-order valence-electron chi connectivity index (χ2n) is 4.34. The van der Waals surface area contributed by atoms with Crippen molar-refractivity contribution >= 4 is 23.1 Å². The molecule has 2 rings (SSSR count). The molecule has 0 bridgehead atoms. The Morgan fingerprint density at radius 1 is 1.48 bits per heavy atom. The molecule has 21 heavy (non-hydrogen) atoms. The van der Waals surface area contributed by atoms with Crippen molar-refractivity contribution in [2.75, 3.05) is 24.6 Å². The predicted molar refractivity (Wildman–Crippen MR) is 66.4 cm³/mol. The molecular formula is C10H10ClF3N4O3. The third kappa shape index (κ3) is 3.32. The van der Waals surface area contributed by atoms with Crippen LogP contribution in [0.1, 0.15) is 5.82 Å². The third-order valence-corrected chi connectivity index (χ3v) is 3.11. The lowest BCUT2D eigenvalue weighted by molar-refractivity contribution is -0.384. The fourth-order valence-corrected chi connectivity index (χ4v) is 2.21. The molecule has 0 amide bonds. The minimum absolute atomic E-state index is 0.0419. The van der Waals surface area contributed by atoms with E-state index in [9.17, 15) is 23.3 Å². The van der Waals surface area contributed by atoms with Crippen LogP contribution in [0.2, 0.25) is 5.15 Å². The Balaban J connectivity index is 2.39. The van der Waals surface area contributed by atoms with Crippen LogP contribution in [-0.2, 0) is 4.74 Å². The van der Waals surface area contributed by atoms with Gasteiger partial charge in [0.25, 0.3) is 0 Å². The summed E-state index contributed by atoms with van der Waals surface area (Å²) in [6.45, 7) is 0.681. The zero-order valence-corrected chi connectivity index (χ0v) is 11.5. The molecule has 0 spiro atoms. The molecule has 116 valence electrons. The van der Waals surface area contributed by atoms with Gasteiger partial charge in [0.2, 0.25) is 11.0 Å². The number of nitro groups is 1. The molecule has 11 heteroatoms. The lowest BCUT2D eigenvalue weighted by Gasteiger charge is -2.34. The average Bonchev–Trinajstić information content (AvgIpc) is 2.36. The van der Waals surface area contributed by atoms with Crippen LogP contribution in [0.3, 0.4) is 0 Å². The van der Waals surface area contributed by atoms with Gasteiger partial charge in [-0.3, -0.25) is 10.1 Å². The largest absolute Gasteiger partial charge is 0.416 e. The van der Waals surface area contributed by atoms with Crippen LogP contribution in [0.15, 0.2) is 0 Å². The third-order valence-electron chi connectivity index (χ3n) is 2.85. The first kappa shape index (κ1) is 15.7. The molecule has 1 aromatic rings. The van der Waals surface area contributed by atoms with E-state index in [4.69, 9.17) is 11.6 Å². The summed E-state index contributed by atoms with van der Waals surface area (Å²) in [5.74, 6) is -0.0919. The molecule has 1 aliphatic heterocycles. The first-order valence-electron chi connectivity index (χ1n) is 5.82. The van der Waals surface area contributed by atoms with Crippen LogP contribution in [0.5, 0.6) is 0 Å². The summed E-state index contributed by atoms with van der Waals surface area (Å²) in [5, 5.41) is 10.6. The Morgan fingerprint density at radius 3 is 2.71 bits per heavy atom. The molecular weight excluding hydrogens is 317 g/mol. The number of hydrogen-bond donors (Lipinski definition) is 0. The van der Waals surface area contributed by atoms with E-state index in [1.807, 2.05) is 0 Å². The van der Waals surface area contributed by atoms with E-state index < -0.39 is 34.6 Å². The summed E-state index contributed by atoms with van der Waals surface area (Å²) in [5.41, 5.74) is -0.606. The summed E-state index contributed by atoms with van der Waals surface area (Å²) in [4.78, 5) is 18.9. The number of hydrogen-bond acceptors (Lipinski definition) is 6. The molecule has 0 aliphatic carbocycles. The number of morpholine rings is 1. The second kappa shape index (κ2) is 5.60. The number of ether oxygens (including phenoxy) is 1. The number of aromatic nitrogens is 2. The van der Waals surface area contributed by atoms with Crippen molar-refractivity contribution in [1.82, 2.24) is 9.97 Å². The molecule has 2 heterocycles. The number of nitrogens with zero attached hydrogens (tertiary/aromatic N) is 4. The summed E-state index contributed by atoms with van der Waals surface area (Å²) >= 11 is 5.70. The lowest BCUT2D eigenvalue weighted by atomic mass is 10.2. The fourth-order valence-electron chi connectivity index (χ4n) is 1.94. The minimum atomic E-state index is -4.56. The maximum atomic E-state index is 12.7. The highest BCUT2D eigenvalue weighted by atomic mass is 35.5. The zero-order valence-electron chi connectivity index (χ0n) is 10.7.